The Kier molecular flexibility index (Phi) is 8.48. The normalized spacial score (nSPS) is 22.5. The Bertz CT molecular complexity index is 1570. The third-order valence-electron chi connectivity index (χ3n) is 9.22. The number of aromatic nitrogens is 1. The van der Waals surface area contributed by atoms with Crippen LogP contribution in [0.3, 0.4) is 0 Å². The van der Waals surface area contributed by atoms with Crippen LogP contribution in [0.25, 0.3) is 0 Å². The van der Waals surface area contributed by atoms with Crippen molar-refractivity contribution in [1.82, 2.24) is 14.8 Å². The number of amides is 1. The standard InChI is InChI=1S/C33H43N5O6S/c1-32(2,3)44-31(39)38-24-10-11-25(38)19-37(18-24)29-26-12-15-36(17-23-8-6-5-7-9-23)20-28(26)27(16-34)30(35-29)42-21-33(13-14-33)22-43-45(4,40)41/h5-9,24-25H,10-15,17-22H2,1-4H3/t24-,25+. The number of carbonyl (C=O) groups excluding carboxylic acids is 1. The second-order valence-electron chi connectivity index (χ2n) is 14.1. The van der Waals surface area contributed by atoms with E-state index in [1.807, 2.05) is 43.9 Å². The summed E-state index contributed by atoms with van der Waals surface area (Å²) in [6.07, 6.45) is 4.88. The van der Waals surface area contributed by atoms with Gasteiger partial charge in [0.15, 0.2) is 0 Å². The maximum Gasteiger partial charge on any atom is 0.410 e. The number of ether oxygens (including phenoxy) is 2. The molecule has 0 spiro atoms. The SMILES string of the molecule is CC(C)(C)OC(=O)N1[C@@H]2CC[C@H]1CN(c1nc(OCC3(COS(C)(=O)=O)CC3)c(C#N)c3c1CCN(Cc1ccccc1)C3)C2. The molecule has 2 aromatic rings. The molecule has 0 unspecified atom stereocenters. The first-order valence-electron chi connectivity index (χ1n) is 15.8. The molecule has 6 rings (SSSR count). The molecule has 11 nitrogen and oxygen atoms in total. The van der Waals surface area contributed by atoms with Gasteiger partial charge < -0.3 is 14.4 Å². The Morgan fingerprint density at radius 2 is 1.78 bits per heavy atom. The molecule has 2 atom stereocenters. The van der Waals surface area contributed by atoms with Crippen LogP contribution in [-0.2, 0) is 38.5 Å². The second kappa shape index (κ2) is 12.1. The number of rotatable bonds is 9. The quantitative estimate of drug-likeness (QED) is 0.369. The van der Waals surface area contributed by atoms with Gasteiger partial charge >= 0.3 is 6.09 Å². The monoisotopic (exact) mass is 637 g/mol. The van der Waals surface area contributed by atoms with Crippen molar-refractivity contribution in [3.8, 4) is 11.9 Å². The van der Waals surface area contributed by atoms with Crippen LogP contribution in [0.15, 0.2) is 30.3 Å². The molecule has 45 heavy (non-hydrogen) atoms. The van der Waals surface area contributed by atoms with Crippen LogP contribution in [0.4, 0.5) is 10.6 Å². The summed E-state index contributed by atoms with van der Waals surface area (Å²) in [7, 11) is -3.58. The maximum atomic E-state index is 13.1. The average Bonchev–Trinajstić information content (AvgIpc) is 3.70. The number of anilines is 1. The van der Waals surface area contributed by atoms with E-state index in [1.165, 1.54) is 5.56 Å². The molecule has 2 bridgehead atoms. The molecule has 1 aliphatic carbocycles. The van der Waals surface area contributed by atoms with E-state index in [0.29, 0.717) is 25.2 Å². The molecule has 4 heterocycles. The number of nitriles is 1. The van der Waals surface area contributed by atoms with Gasteiger partial charge in [-0.3, -0.25) is 14.0 Å². The number of carbonyl (C=O) groups is 1. The summed E-state index contributed by atoms with van der Waals surface area (Å²) >= 11 is 0. The van der Waals surface area contributed by atoms with Gasteiger partial charge in [0.05, 0.1) is 31.6 Å². The molecule has 3 fully saturated rings. The fourth-order valence-corrected chi connectivity index (χ4v) is 7.22. The molecule has 1 amide bonds. The van der Waals surface area contributed by atoms with E-state index in [0.717, 1.165) is 68.4 Å². The zero-order valence-corrected chi connectivity index (χ0v) is 27.4. The van der Waals surface area contributed by atoms with Crippen molar-refractivity contribution >= 4 is 22.0 Å². The molecule has 12 heteroatoms. The van der Waals surface area contributed by atoms with Gasteiger partial charge in [-0.05, 0) is 64.0 Å². The highest BCUT2D eigenvalue weighted by atomic mass is 32.2. The van der Waals surface area contributed by atoms with Gasteiger partial charge in [-0.15, -0.1) is 0 Å². The van der Waals surface area contributed by atoms with E-state index in [2.05, 4.69) is 28.0 Å². The molecule has 1 saturated carbocycles. The summed E-state index contributed by atoms with van der Waals surface area (Å²) in [6.45, 7) is 9.36. The summed E-state index contributed by atoms with van der Waals surface area (Å²) in [5.41, 5.74) is 2.66. The van der Waals surface area contributed by atoms with E-state index >= 15 is 0 Å². The first kappa shape index (κ1) is 31.6. The summed E-state index contributed by atoms with van der Waals surface area (Å²) < 4.78 is 40.5. The predicted octanol–water partition coefficient (Wildman–Crippen LogP) is 4.23. The van der Waals surface area contributed by atoms with Gasteiger partial charge in [0.25, 0.3) is 10.1 Å². The summed E-state index contributed by atoms with van der Waals surface area (Å²) in [5, 5.41) is 10.4. The molecule has 1 aromatic carbocycles. The fraction of sp³-hybridized carbons (Fsp3) is 0.606. The van der Waals surface area contributed by atoms with Crippen LogP contribution in [-0.4, -0.2) is 86.1 Å². The molecule has 242 valence electrons. The summed E-state index contributed by atoms with van der Waals surface area (Å²) in [4.78, 5) is 24.7. The van der Waals surface area contributed by atoms with Crippen LogP contribution < -0.4 is 9.64 Å². The first-order valence-corrected chi connectivity index (χ1v) is 17.6. The smallest absolute Gasteiger partial charge is 0.410 e. The molecule has 3 aliphatic heterocycles. The number of hydrogen-bond donors (Lipinski definition) is 0. The largest absolute Gasteiger partial charge is 0.476 e. The Hall–Kier alpha value is -3.40. The van der Waals surface area contributed by atoms with Crippen LogP contribution >= 0.6 is 0 Å². The van der Waals surface area contributed by atoms with Crippen molar-refractivity contribution in [3.63, 3.8) is 0 Å². The van der Waals surface area contributed by atoms with Crippen LogP contribution in [0.1, 0.15) is 68.7 Å². The third-order valence-corrected chi connectivity index (χ3v) is 9.76. The van der Waals surface area contributed by atoms with Crippen molar-refractivity contribution in [2.75, 3.05) is 44.0 Å². The molecule has 4 aliphatic rings. The minimum Gasteiger partial charge on any atom is -0.476 e. The van der Waals surface area contributed by atoms with Gasteiger partial charge in [-0.25, -0.2) is 4.79 Å². The maximum absolute atomic E-state index is 13.1. The topological polar surface area (TPSA) is 125 Å². The zero-order valence-electron chi connectivity index (χ0n) is 26.6. The lowest BCUT2D eigenvalue weighted by Gasteiger charge is -2.43. The van der Waals surface area contributed by atoms with Crippen molar-refractivity contribution in [2.45, 2.75) is 83.6 Å². The molecule has 0 radical (unpaired) electrons. The van der Waals surface area contributed by atoms with E-state index in [-0.39, 0.29) is 37.3 Å². The van der Waals surface area contributed by atoms with E-state index in [4.69, 9.17) is 18.6 Å². The van der Waals surface area contributed by atoms with E-state index < -0.39 is 21.1 Å². The first-order chi connectivity index (χ1) is 21.3. The molecule has 1 aromatic heterocycles. The second-order valence-corrected chi connectivity index (χ2v) is 15.7. The van der Waals surface area contributed by atoms with Gasteiger partial charge in [0, 0.05) is 43.7 Å². The van der Waals surface area contributed by atoms with E-state index in [1.54, 1.807) is 0 Å². The Balaban J connectivity index is 1.29. The number of hydrogen-bond acceptors (Lipinski definition) is 10. The molecule has 2 saturated heterocycles. The van der Waals surface area contributed by atoms with Gasteiger partial charge in [0.2, 0.25) is 5.88 Å². The number of piperazine rings is 1. The zero-order chi connectivity index (χ0) is 32.0. The lowest BCUT2D eigenvalue weighted by molar-refractivity contribution is 0.0122. The molecular formula is C33H43N5O6S. The summed E-state index contributed by atoms with van der Waals surface area (Å²) in [5.74, 6) is 1.09. The van der Waals surface area contributed by atoms with Crippen molar-refractivity contribution < 1.29 is 26.9 Å². The van der Waals surface area contributed by atoms with Gasteiger partial charge in [0.1, 0.15) is 23.1 Å². The number of benzene rings is 1. The lowest BCUT2D eigenvalue weighted by Crippen LogP contribution is -2.57. The average molecular weight is 638 g/mol. The van der Waals surface area contributed by atoms with Gasteiger partial charge in [-0.2, -0.15) is 18.7 Å². The van der Waals surface area contributed by atoms with Crippen LogP contribution in [0.5, 0.6) is 5.88 Å². The summed E-state index contributed by atoms with van der Waals surface area (Å²) in [6, 6.07) is 12.7. The van der Waals surface area contributed by atoms with E-state index in [9.17, 15) is 18.5 Å². The Labute approximate surface area is 266 Å². The van der Waals surface area contributed by atoms with Crippen LogP contribution in [0.2, 0.25) is 0 Å². The number of fused-ring (bicyclic) bond motifs is 3. The minimum absolute atomic E-state index is 0.0112. The van der Waals surface area contributed by atoms with Crippen molar-refractivity contribution in [2.24, 2.45) is 5.41 Å². The van der Waals surface area contributed by atoms with Crippen molar-refractivity contribution in [1.29, 1.82) is 5.26 Å². The van der Waals surface area contributed by atoms with Crippen LogP contribution in [0, 0.1) is 16.7 Å². The highest BCUT2D eigenvalue weighted by molar-refractivity contribution is 7.85. The molecule has 0 N–H and O–H groups in total. The Morgan fingerprint density at radius 3 is 2.38 bits per heavy atom. The molecular weight excluding hydrogens is 594 g/mol. The lowest BCUT2D eigenvalue weighted by atomic mass is 9.95. The number of nitrogens with zero attached hydrogens (tertiary/aromatic N) is 5. The van der Waals surface area contributed by atoms with Gasteiger partial charge in [-0.1, -0.05) is 30.3 Å². The third kappa shape index (κ3) is 7.21. The van der Waals surface area contributed by atoms with Crippen molar-refractivity contribution in [3.05, 3.63) is 52.6 Å². The predicted molar refractivity (Wildman–Crippen MR) is 168 cm³/mol. The highest BCUT2D eigenvalue weighted by Gasteiger charge is 2.47. The fourth-order valence-electron chi connectivity index (χ4n) is 6.75. The Morgan fingerprint density at radius 1 is 1.09 bits per heavy atom. The minimum atomic E-state index is -3.58. The highest BCUT2D eigenvalue weighted by Crippen LogP contribution is 2.47. The number of pyridine rings is 1.